The van der Waals surface area contributed by atoms with E-state index in [2.05, 4.69) is 22.5 Å². The molecule has 13 heavy (non-hydrogen) atoms. The Morgan fingerprint density at radius 2 is 2.15 bits per heavy atom. The van der Waals surface area contributed by atoms with Gasteiger partial charge >= 0.3 is 0 Å². The van der Waals surface area contributed by atoms with E-state index in [0.717, 1.165) is 6.07 Å². The van der Waals surface area contributed by atoms with Gasteiger partial charge in [-0.25, -0.2) is 4.39 Å². The number of rotatable bonds is 3. The highest BCUT2D eigenvalue weighted by molar-refractivity contribution is 9.11. The maximum absolute atomic E-state index is 12.9. The fraction of sp³-hybridized carbons (Fsp3) is 0.111. The SMILES string of the molecule is C=C(Br)COc1cccc(F)c1F. The third kappa shape index (κ3) is 2.81. The van der Waals surface area contributed by atoms with Crippen LogP contribution < -0.4 is 4.74 Å². The van der Waals surface area contributed by atoms with Crippen molar-refractivity contribution in [3.8, 4) is 5.75 Å². The molecule has 0 aliphatic heterocycles. The Balaban J connectivity index is 2.77. The van der Waals surface area contributed by atoms with Crippen molar-refractivity contribution in [1.29, 1.82) is 0 Å². The summed E-state index contributed by atoms with van der Waals surface area (Å²) in [4.78, 5) is 0. The molecule has 1 aromatic rings. The molecule has 0 aromatic heterocycles. The largest absolute Gasteiger partial charge is 0.485 e. The summed E-state index contributed by atoms with van der Waals surface area (Å²) in [6.07, 6.45) is 0. The standard InChI is InChI=1S/C9H7BrF2O/c1-6(10)5-13-8-4-2-3-7(11)9(8)12/h2-4H,1,5H2. The van der Waals surface area contributed by atoms with Crippen LogP contribution in [0.4, 0.5) is 8.78 Å². The molecule has 1 nitrogen and oxygen atoms in total. The molecule has 0 N–H and O–H groups in total. The maximum atomic E-state index is 12.9. The minimum absolute atomic E-state index is 0.111. The van der Waals surface area contributed by atoms with E-state index in [9.17, 15) is 8.78 Å². The zero-order valence-corrected chi connectivity index (χ0v) is 8.27. The van der Waals surface area contributed by atoms with E-state index in [1.54, 1.807) is 0 Å². The van der Waals surface area contributed by atoms with Gasteiger partial charge in [0.1, 0.15) is 6.61 Å². The molecule has 0 spiro atoms. The summed E-state index contributed by atoms with van der Waals surface area (Å²) in [7, 11) is 0. The summed E-state index contributed by atoms with van der Waals surface area (Å²) in [5.74, 6) is -2.01. The first kappa shape index (κ1) is 10.2. The van der Waals surface area contributed by atoms with Crippen LogP contribution in [0.15, 0.2) is 29.3 Å². The van der Waals surface area contributed by atoms with Crippen LogP contribution in [-0.4, -0.2) is 6.61 Å². The van der Waals surface area contributed by atoms with E-state index >= 15 is 0 Å². The van der Waals surface area contributed by atoms with Gasteiger partial charge in [-0.1, -0.05) is 28.6 Å². The number of hydrogen-bond donors (Lipinski definition) is 0. The van der Waals surface area contributed by atoms with Gasteiger partial charge in [0.05, 0.1) is 0 Å². The van der Waals surface area contributed by atoms with Crippen molar-refractivity contribution in [2.24, 2.45) is 0 Å². The second-order valence-electron chi connectivity index (χ2n) is 2.36. The lowest BCUT2D eigenvalue weighted by Gasteiger charge is -2.05. The quantitative estimate of drug-likeness (QED) is 0.798. The molecule has 0 heterocycles. The molecule has 70 valence electrons. The van der Waals surface area contributed by atoms with Crippen LogP contribution in [0.25, 0.3) is 0 Å². The third-order valence-corrected chi connectivity index (χ3v) is 1.53. The van der Waals surface area contributed by atoms with Crippen molar-refractivity contribution in [1.82, 2.24) is 0 Å². The van der Waals surface area contributed by atoms with Gasteiger partial charge in [-0.15, -0.1) is 0 Å². The average molecular weight is 249 g/mol. The van der Waals surface area contributed by atoms with Crippen molar-refractivity contribution in [2.45, 2.75) is 0 Å². The molecular weight excluding hydrogens is 242 g/mol. The van der Waals surface area contributed by atoms with Crippen LogP contribution in [-0.2, 0) is 0 Å². The van der Waals surface area contributed by atoms with E-state index in [4.69, 9.17) is 4.74 Å². The van der Waals surface area contributed by atoms with Crippen molar-refractivity contribution in [2.75, 3.05) is 6.61 Å². The zero-order valence-electron chi connectivity index (χ0n) is 6.69. The highest BCUT2D eigenvalue weighted by Gasteiger charge is 2.07. The summed E-state index contributed by atoms with van der Waals surface area (Å²) in [6.45, 7) is 3.61. The summed E-state index contributed by atoms with van der Waals surface area (Å²) in [6, 6.07) is 3.77. The Bertz CT molecular complexity index is 325. The highest BCUT2D eigenvalue weighted by atomic mass is 79.9. The van der Waals surface area contributed by atoms with E-state index in [0.29, 0.717) is 4.48 Å². The van der Waals surface area contributed by atoms with Gasteiger partial charge in [0.2, 0.25) is 5.82 Å². The molecule has 1 rings (SSSR count). The van der Waals surface area contributed by atoms with Gasteiger partial charge in [-0.2, -0.15) is 4.39 Å². The lowest BCUT2D eigenvalue weighted by atomic mass is 10.3. The van der Waals surface area contributed by atoms with Crippen LogP contribution >= 0.6 is 15.9 Å². The van der Waals surface area contributed by atoms with Crippen molar-refractivity contribution in [3.05, 3.63) is 40.9 Å². The lowest BCUT2D eigenvalue weighted by Crippen LogP contribution is -1.99. The van der Waals surface area contributed by atoms with E-state index < -0.39 is 11.6 Å². The molecule has 0 aliphatic rings. The van der Waals surface area contributed by atoms with Gasteiger partial charge in [-0.05, 0) is 12.1 Å². The predicted molar refractivity (Wildman–Crippen MR) is 49.9 cm³/mol. The number of halogens is 3. The number of hydrogen-bond acceptors (Lipinski definition) is 1. The summed E-state index contributed by atoms with van der Waals surface area (Å²) >= 11 is 3.04. The van der Waals surface area contributed by atoms with E-state index in [-0.39, 0.29) is 12.4 Å². The summed E-state index contributed by atoms with van der Waals surface area (Å²) < 4.78 is 31.0. The monoisotopic (exact) mass is 248 g/mol. The maximum Gasteiger partial charge on any atom is 0.200 e. The third-order valence-electron chi connectivity index (χ3n) is 1.30. The first-order valence-electron chi connectivity index (χ1n) is 3.51. The molecule has 0 saturated heterocycles. The zero-order chi connectivity index (χ0) is 9.84. The molecule has 0 unspecified atom stereocenters. The molecule has 0 radical (unpaired) electrons. The van der Waals surface area contributed by atoms with E-state index in [1.165, 1.54) is 12.1 Å². The molecular formula is C9H7BrF2O. The summed E-state index contributed by atoms with van der Waals surface area (Å²) in [5, 5.41) is 0. The average Bonchev–Trinajstić information content (AvgIpc) is 2.07. The van der Waals surface area contributed by atoms with Gasteiger partial charge in [0.15, 0.2) is 11.6 Å². The molecule has 0 amide bonds. The number of ether oxygens (including phenoxy) is 1. The molecule has 0 aliphatic carbocycles. The highest BCUT2D eigenvalue weighted by Crippen LogP contribution is 2.19. The Hall–Kier alpha value is -0.900. The Morgan fingerprint density at radius 1 is 1.46 bits per heavy atom. The van der Waals surface area contributed by atoms with Gasteiger partial charge < -0.3 is 4.74 Å². The van der Waals surface area contributed by atoms with Crippen LogP contribution in [0.2, 0.25) is 0 Å². The van der Waals surface area contributed by atoms with Crippen LogP contribution in [0.5, 0.6) is 5.75 Å². The molecule has 0 atom stereocenters. The minimum Gasteiger partial charge on any atom is -0.485 e. The molecule has 1 aromatic carbocycles. The normalized spacial score (nSPS) is 9.77. The predicted octanol–water partition coefficient (Wildman–Crippen LogP) is 3.25. The Morgan fingerprint density at radius 3 is 2.77 bits per heavy atom. The van der Waals surface area contributed by atoms with Crippen LogP contribution in [0, 0.1) is 11.6 Å². The van der Waals surface area contributed by atoms with Crippen molar-refractivity contribution < 1.29 is 13.5 Å². The fourth-order valence-corrected chi connectivity index (χ4v) is 0.866. The topological polar surface area (TPSA) is 9.23 Å². The van der Waals surface area contributed by atoms with Crippen molar-refractivity contribution in [3.63, 3.8) is 0 Å². The minimum atomic E-state index is -0.976. The molecule has 4 heteroatoms. The van der Waals surface area contributed by atoms with E-state index in [1.807, 2.05) is 0 Å². The second-order valence-corrected chi connectivity index (χ2v) is 3.48. The molecule has 0 saturated carbocycles. The second kappa shape index (κ2) is 4.37. The molecule has 0 fully saturated rings. The smallest absolute Gasteiger partial charge is 0.200 e. The molecule has 0 bridgehead atoms. The van der Waals surface area contributed by atoms with Crippen molar-refractivity contribution >= 4 is 15.9 Å². The first-order chi connectivity index (χ1) is 6.11. The lowest BCUT2D eigenvalue weighted by molar-refractivity contribution is 0.331. The summed E-state index contributed by atoms with van der Waals surface area (Å²) in [5.41, 5.74) is 0. The Labute approximate surface area is 83.1 Å². The fourth-order valence-electron chi connectivity index (χ4n) is 0.752. The van der Waals surface area contributed by atoms with Gasteiger partial charge in [0.25, 0.3) is 0 Å². The van der Waals surface area contributed by atoms with Gasteiger partial charge in [-0.3, -0.25) is 0 Å². The van der Waals surface area contributed by atoms with Crippen LogP contribution in [0.1, 0.15) is 0 Å². The first-order valence-corrected chi connectivity index (χ1v) is 4.30. The van der Waals surface area contributed by atoms with Crippen LogP contribution in [0.3, 0.4) is 0 Å². The number of benzene rings is 1. The Kier molecular flexibility index (Phi) is 3.42. The van der Waals surface area contributed by atoms with Gasteiger partial charge in [0, 0.05) is 4.48 Å².